The van der Waals surface area contributed by atoms with Crippen LogP contribution in [0.2, 0.25) is 0 Å². The molecule has 0 radical (unpaired) electrons. The molecule has 0 amide bonds. The summed E-state index contributed by atoms with van der Waals surface area (Å²) in [7, 11) is 0. The Labute approximate surface area is 133 Å². The van der Waals surface area contributed by atoms with Gasteiger partial charge in [0.15, 0.2) is 11.5 Å². The smallest absolute Gasteiger partial charge is 0.309 e. The largest absolute Gasteiger partial charge is 0.463 e. The third-order valence-electron chi connectivity index (χ3n) is 4.44. The number of fused-ring (bicyclic) bond motifs is 1. The quantitative estimate of drug-likeness (QED) is 0.847. The molecule has 0 spiro atoms. The summed E-state index contributed by atoms with van der Waals surface area (Å²) in [5, 5.41) is 0. The molecule has 3 heterocycles. The number of hydrogen-bond donors (Lipinski definition) is 1. The zero-order valence-electron chi connectivity index (χ0n) is 12.9. The van der Waals surface area contributed by atoms with E-state index in [0.717, 1.165) is 19.3 Å². The van der Waals surface area contributed by atoms with Gasteiger partial charge in [0, 0.05) is 5.92 Å². The van der Waals surface area contributed by atoms with Gasteiger partial charge in [-0.15, -0.1) is 0 Å². The highest BCUT2D eigenvalue weighted by Crippen LogP contribution is 2.36. The van der Waals surface area contributed by atoms with Crippen LogP contribution in [0, 0.1) is 11.8 Å². The average molecular weight is 317 g/mol. The van der Waals surface area contributed by atoms with Crippen LogP contribution in [0.5, 0.6) is 0 Å². The fourth-order valence-electron chi connectivity index (χ4n) is 3.03. The van der Waals surface area contributed by atoms with E-state index in [4.69, 9.17) is 15.2 Å². The maximum Gasteiger partial charge on any atom is 0.309 e. The molecule has 23 heavy (non-hydrogen) atoms. The van der Waals surface area contributed by atoms with Crippen LogP contribution in [0.4, 0.5) is 5.82 Å². The van der Waals surface area contributed by atoms with Crippen molar-refractivity contribution in [3.05, 3.63) is 12.7 Å². The van der Waals surface area contributed by atoms with Crippen LogP contribution < -0.4 is 5.73 Å². The Morgan fingerprint density at radius 3 is 3.04 bits per heavy atom. The number of anilines is 1. The van der Waals surface area contributed by atoms with Crippen molar-refractivity contribution >= 4 is 23.0 Å². The van der Waals surface area contributed by atoms with Crippen LogP contribution in [0.1, 0.15) is 32.4 Å². The van der Waals surface area contributed by atoms with Gasteiger partial charge in [-0.25, -0.2) is 15.0 Å². The molecular formula is C15H19N5O3. The molecule has 1 aliphatic heterocycles. The first kappa shape index (κ1) is 14.4. The van der Waals surface area contributed by atoms with Crippen LogP contribution >= 0.6 is 0 Å². The molecular weight excluding hydrogens is 298 g/mol. The van der Waals surface area contributed by atoms with Crippen molar-refractivity contribution in [2.24, 2.45) is 11.8 Å². The maximum absolute atomic E-state index is 11.6. The topological polar surface area (TPSA) is 105 Å². The molecule has 8 heteroatoms. The van der Waals surface area contributed by atoms with Crippen molar-refractivity contribution in [3.8, 4) is 0 Å². The number of nitrogen functional groups attached to an aromatic ring is 1. The molecule has 0 bridgehead atoms. The molecule has 0 aromatic carbocycles. The number of carbonyl (C=O) groups is 1. The van der Waals surface area contributed by atoms with Crippen LogP contribution in [-0.2, 0) is 14.3 Å². The predicted octanol–water partition coefficient (Wildman–Crippen LogP) is 1.29. The van der Waals surface area contributed by atoms with E-state index in [1.807, 2.05) is 4.57 Å². The Hall–Kier alpha value is -2.22. The van der Waals surface area contributed by atoms with Gasteiger partial charge >= 0.3 is 5.97 Å². The van der Waals surface area contributed by atoms with Gasteiger partial charge in [0.1, 0.15) is 24.7 Å². The second-order valence-corrected chi connectivity index (χ2v) is 6.35. The third-order valence-corrected chi connectivity index (χ3v) is 4.44. The van der Waals surface area contributed by atoms with E-state index in [2.05, 4.69) is 21.9 Å². The van der Waals surface area contributed by atoms with E-state index in [1.54, 1.807) is 6.33 Å². The summed E-state index contributed by atoms with van der Waals surface area (Å²) in [4.78, 5) is 24.1. The van der Waals surface area contributed by atoms with Gasteiger partial charge in [-0.2, -0.15) is 0 Å². The molecule has 8 nitrogen and oxygen atoms in total. The molecule has 2 N–H and O–H groups in total. The van der Waals surface area contributed by atoms with Gasteiger partial charge in [-0.3, -0.25) is 9.36 Å². The summed E-state index contributed by atoms with van der Waals surface area (Å²) < 4.78 is 13.3. The molecule has 2 aliphatic rings. The Bertz CT molecular complexity index is 742. The van der Waals surface area contributed by atoms with E-state index in [0.29, 0.717) is 23.6 Å². The minimum Gasteiger partial charge on any atom is -0.463 e. The van der Waals surface area contributed by atoms with Crippen molar-refractivity contribution in [1.29, 1.82) is 0 Å². The van der Waals surface area contributed by atoms with Gasteiger partial charge < -0.3 is 15.2 Å². The van der Waals surface area contributed by atoms with Crippen LogP contribution in [0.3, 0.4) is 0 Å². The number of rotatable bonds is 4. The second-order valence-electron chi connectivity index (χ2n) is 6.35. The molecule has 1 saturated heterocycles. The molecule has 1 saturated carbocycles. The lowest BCUT2D eigenvalue weighted by molar-refractivity contribution is -0.150. The molecule has 2 unspecified atom stereocenters. The Morgan fingerprint density at radius 2 is 2.26 bits per heavy atom. The number of imidazole rings is 1. The summed E-state index contributed by atoms with van der Waals surface area (Å²) in [6, 6.07) is 0. The number of hydrogen-bond acceptors (Lipinski definition) is 7. The lowest BCUT2D eigenvalue weighted by Gasteiger charge is -2.17. The first-order valence-corrected chi connectivity index (χ1v) is 7.88. The van der Waals surface area contributed by atoms with E-state index in [-0.39, 0.29) is 30.1 Å². The molecule has 122 valence electrons. The Kier molecular flexibility index (Phi) is 3.41. The average Bonchev–Trinajstić information content (AvgIpc) is 3.20. The van der Waals surface area contributed by atoms with E-state index >= 15 is 0 Å². The van der Waals surface area contributed by atoms with E-state index < -0.39 is 0 Å². The van der Waals surface area contributed by atoms with E-state index in [1.165, 1.54) is 6.33 Å². The molecule has 1 aliphatic carbocycles. The molecule has 2 fully saturated rings. The van der Waals surface area contributed by atoms with Crippen molar-refractivity contribution in [3.63, 3.8) is 0 Å². The van der Waals surface area contributed by atoms with E-state index in [9.17, 15) is 4.79 Å². The lowest BCUT2D eigenvalue weighted by atomic mass is 10.1. The van der Waals surface area contributed by atoms with Crippen molar-refractivity contribution in [2.45, 2.75) is 38.5 Å². The van der Waals surface area contributed by atoms with Crippen LogP contribution in [-0.4, -0.2) is 38.2 Å². The number of ether oxygens (including phenoxy) is 2. The van der Waals surface area contributed by atoms with Gasteiger partial charge in [-0.1, -0.05) is 6.92 Å². The summed E-state index contributed by atoms with van der Waals surface area (Å²) in [6.07, 6.45) is 5.52. The Morgan fingerprint density at radius 1 is 1.43 bits per heavy atom. The fraction of sp³-hybridized carbons (Fsp3) is 0.600. The minimum absolute atomic E-state index is 0.0988. The monoisotopic (exact) mass is 317 g/mol. The van der Waals surface area contributed by atoms with Crippen LogP contribution in [0.25, 0.3) is 11.2 Å². The Balaban J connectivity index is 1.48. The molecule has 3 atom stereocenters. The summed E-state index contributed by atoms with van der Waals surface area (Å²) in [5.41, 5.74) is 7.05. The first-order valence-electron chi connectivity index (χ1n) is 7.88. The van der Waals surface area contributed by atoms with Gasteiger partial charge in [0.2, 0.25) is 0 Å². The standard InChI is InChI=1S/C15H19N5O3/c1-8-4-10(5-22-15(21)9-2-3-9)23-14(8)20-7-19-11-12(16)17-6-18-13(11)20/h6-10,14H,2-5H2,1H3,(H2,16,17,18)/t8-,10?,14?/m0/s1. The lowest BCUT2D eigenvalue weighted by Crippen LogP contribution is -2.20. The molecule has 2 aromatic rings. The number of esters is 1. The fourth-order valence-corrected chi connectivity index (χ4v) is 3.03. The number of aromatic nitrogens is 4. The SMILES string of the molecule is C[C@H]1CC(COC(=O)C2CC2)OC1n1cnc2c(N)ncnc21. The summed E-state index contributed by atoms with van der Waals surface area (Å²) in [6.45, 7) is 2.41. The van der Waals surface area contributed by atoms with Crippen molar-refractivity contribution < 1.29 is 14.3 Å². The number of carbonyl (C=O) groups excluding carboxylic acids is 1. The van der Waals surface area contributed by atoms with Gasteiger partial charge in [-0.05, 0) is 19.3 Å². The van der Waals surface area contributed by atoms with Gasteiger partial charge in [0.05, 0.1) is 18.3 Å². The zero-order chi connectivity index (χ0) is 16.0. The highest BCUT2D eigenvalue weighted by molar-refractivity contribution is 5.81. The zero-order valence-corrected chi connectivity index (χ0v) is 12.9. The summed E-state index contributed by atoms with van der Waals surface area (Å²) >= 11 is 0. The van der Waals surface area contributed by atoms with Crippen molar-refractivity contribution in [2.75, 3.05) is 12.3 Å². The second kappa shape index (κ2) is 5.45. The highest BCUT2D eigenvalue weighted by Gasteiger charge is 2.37. The number of nitrogens with zero attached hydrogens (tertiary/aromatic N) is 4. The molecule has 2 aromatic heterocycles. The third kappa shape index (κ3) is 2.63. The minimum atomic E-state index is -0.195. The normalized spacial score (nSPS) is 27.4. The van der Waals surface area contributed by atoms with Crippen LogP contribution in [0.15, 0.2) is 12.7 Å². The molecule has 4 rings (SSSR count). The first-order chi connectivity index (χ1) is 11.1. The maximum atomic E-state index is 11.6. The summed E-state index contributed by atoms with van der Waals surface area (Å²) in [5.74, 6) is 0.628. The highest BCUT2D eigenvalue weighted by atomic mass is 16.6. The number of nitrogens with two attached hydrogens (primary N) is 1. The van der Waals surface area contributed by atoms with Gasteiger partial charge in [0.25, 0.3) is 0 Å². The predicted molar refractivity (Wildman–Crippen MR) is 81.1 cm³/mol. The van der Waals surface area contributed by atoms with Crippen molar-refractivity contribution in [1.82, 2.24) is 19.5 Å².